The van der Waals surface area contributed by atoms with Gasteiger partial charge in [0, 0.05) is 75.7 Å². The van der Waals surface area contributed by atoms with Crippen LogP contribution in [0.25, 0.3) is 10.9 Å². The highest BCUT2D eigenvalue weighted by molar-refractivity contribution is 7.71. The van der Waals surface area contributed by atoms with E-state index in [4.69, 9.17) is 17.0 Å². The number of piperazine rings is 1. The first-order chi connectivity index (χ1) is 19.4. The van der Waals surface area contributed by atoms with Crippen LogP contribution in [0.4, 0.5) is 17.1 Å². The highest BCUT2D eigenvalue weighted by Crippen LogP contribution is 2.22. The van der Waals surface area contributed by atoms with Crippen LogP contribution in [-0.4, -0.2) is 77.8 Å². The van der Waals surface area contributed by atoms with Gasteiger partial charge < -0.3 is 24.4 Å². The fraction of sp³-hybridized carbons (Fsp3) is 0.464. The number of anilines is 2. The summed E-state index contributed by atoms with van der Waals surface area (Å²) in [6.07, 6.45) is 2.80. The molecule has 0 atom stereocenters. The number of unbranched alkanes of at least 4 members (excludes halogenated alkanes) is 2. The summed E-state index contributed by atoms with van der Waals surface area (Å²) in [5.41, 5.74) is 2.66. The number of nitro benzene ring substituents is 1. The Kier molecular flexibility index (Phi) is 8.75. The van der Waals surface area contributed by atoms with Gasteiger partial charge in [0.1, 0.15) is 0 Å². The number of non-ortho nitro benzene ring substituents is 1. The van der Waals surface area contributed by atoms with Crippen LogP contribution in [0.15, 0.2) is 47.3 Å². The Balaban J connectivity index is 1.09. The summed E-state index contributed by atoms with van der Waals surface area (Å²) < 4.78 is 7.48. The first-order valence-corrected chi connectivity index (χ1v) is 14.2. The predicted molar refractivity (Wildman–Crippen MR) is 157 cm³/mol. The van der Waals surface area contributed by atoms with Crippen LogP contribution in [0.5, 0.6) is 0 Å². The fourth-order valence-electron chi connectivity index (χ4n) is 5.34. The largest absolute Gasteiger partial charge is 0.378 e. The van der Waals surface area contributed by atoms with Gasteiger partial charge in [0.05, 0.1) is 29.0 Å². The molecule has 0 bridgehead atoms. The molecule has 0 saturated carbocycles. The number of carbonyl (C=O) groups excluding carboxylic acids is 1. The van der Waals surface area contributed by atoms with Crippen molar-refractivity contribution in [1.82, 2.24) is 14.5 Å². The Morgan fingerprint density at radius 3 is 2.30 bits per heavy atom. The van der Waals surface area contributed by atoms with E-state index in [1.165, 1.54) is 12.1 Å². The number of H-pyrrole nitrogens is 1. The van der Waals surface area contributed by atoms with Crippen molar-refractivity contribution in [3.05, 3.63) is 67.7 Å². The molecule has 2 fully saturated rings. The maximum absolute atomic E-state index is 13.3. The zero-order valence-electron chi connectivity index (χ0n) is 22.4. The molecule has 1 N–H and O–H groups in total. The Morgan fingerprint density at radius 1 is 0.925 bits per heavy atom. The van der Waals surface area contributed by atoms with Crippen LogP contribution in [0, 0.1) is 14.9 Å². The van der Waals surface area contributed by atoms with Gasteiger partial charge in [-0.3, -0.25) is 24.3 Å². The Morgan fingerprint density at radius 2 is 1.60 bits per heavy atom. The van der Waals surface area contributed by atoms with Crippen LogP contribution in [0.2, 0.25) is 0 Å². The summed E-state index contributed by atoms with van der Waals surface area (Å²) in [5.74, 6) is 0.138. The normalized spacial score (nSPS) is 15.9. The van der Waals surface area contributed by atoms with Gasteiger partial charge in [-0.15, -0.1) is 0 Å². The molecule has 2 aromatic carbocycles. The molecule has 12 heteroatoms. The molecule has 0 aliphatic carbocycles. The van der Waals surface area contributed by atoms with Crippen molar-refractivity contribution in [1.29, 1.82) is 0 Å². The Labute approximate surface area is 237 Å². The average Bonchev–Trinajstić information content (AvgIpc) is 2.99. The quantitative estimate of drug-likeness (QED) is 0.180. The Hall–Kier alpha value is -3.77. The van der Waals surface area contributed by atoms with Crippen molar-refractivity contribution in [3.63, 3.8) is 0 Å². The number of rotatable bonds is 9. The number of nitrogens with zero attached hydrogens (tertiary/aromatic N) is 5. The first-order valence-electron chi connectivity index (χ1n) is 13.8. The molecule has 3 aromatic rings. The van der Waals surface area contributed by atoms with Crippen molar-refractivity contribution in [2.45, 2.75) is 32.2 Å². The third-order valence-corrected chi connectivity index (χ3v) is 7.99. The van der Waals surface area contributed by atoms with Crippen molar-refractivity contribution in [2.75, 3.05) is 62.3 Å². The molecule has 5 rings (SSSR count). The van der Waals surface area contributed by atoms with E-state index >= 15 is 0 Å². The van der Waals surface area contributed by atoms with Crippen molar-refractivity contribution in [2.24, 2.45) is 0 Å². The molecule has 40 heavy (non-hydrogen) atoms. The molecule has 2 saturated heterocycles. The van der Waals surface area contributed by atoms with Gasteiger partial charge in [0.25, 0.3) is 11.2 Å². The van der Waals surface area contributed by atoms with E-state index in [1.54, 1.807) is 16.7 Å². The summed E-state index contributed by atoms with van der Waals surface area (Å²) >= 11 is 5.48. The summed E-state index contributed by atoms with van der Waals surface area (Å²) in [6.45, 7) is 6.12. The fourth-order valence-corrected chi connectivity index (χ4v) is 5.62. The standard InChI is InChI=1S/C28H34N6O5S/c35-26(32-14-12-30(13-15-32)21-5-7-22(8-6-21)34(37)38)4-2-1-3-11-33-27(36)24-20-23(31-16-18-39-19-17-31)9-10-25(24)29-28(33)40/h5-10,20H,1-4,11-19H2,(H,29,40). The molecule has 3 heterocycles. The zero-order valence-corrected chi connectivity index (χ0v) is 23.2. The number of aromatic amines is 1. The topological polar surface area (TPSA) is 117 Å². The number of benzene rings is 2. The number of fused-ring (bicyclic) bond motifs is 1. The maximum atomic E-state index is 13.3. The highest BCUT2D eigenvalue weighted by atomic mass is 32.1. The van der Waals surface area contributed by atoms with E-state index < -0.39 is 4.92 Å². The van der Waals surface area contributed by atoms with Gasteiger partial charge in [-0.25, -0.2) is 0 Å². The lowest BCUT2D eigenvalue weighted by molar-refractivity contribution is -0.384. The van der Waals surface area contributed by atoms with E-state index in [0.717, 1.165) is 49.2 Å². The van der Waals surface area contributed by atoms with Crippen LogP contribution >= 0.6 is 12.2 Å². The molecule has 0 spiro atoms. The van der Waals surface area contributed by atoms with Crippen molar-refractivity contribution >= 4 is 46.1 Å². The number of amides is 1. The van der Waals surface area contributed by atoms with Gasteiger partial charge in [-0.05, 0) is 55.4 Å². The lowest BCUT2D eigenvalue weighted by Crippen LogP contribution is -2.48. The van der Waals surface area contributed by atoms with Gasteiger partial charge in [0.2, 0.25) is 5.91 Å². The summed E-state index contributed by atoms with van der Waals surface area (Å²) in [5, 5.41) is 11.5. The molecule has 0 radical (unpaired) electrons. The van der Waals surface area contributed by atoms with Gasteiger partial charge in [0.15, 0.2) is 4.77 Å². The summed E-state index contributed by atoms with van der Waals surface area (Å²) in [7, 11) is 0. The van der Waals surface area contributed by atoms with Gasteiger partial charge in [-0.1, -0.05) is 6.42 Å². The van der Waals surface area contributed by atoms with E-state index in [-0.39, 0.29) is 17.2 Å². The minimum Gasteiger partial charge on any atom is -0.378 e. The predicted octanol–water partition coefficient (Wildman–Crippen LogP) is 3.71. The molecular weight excluding hydrogens is 532 g/mol. The molecule has 1 aromatic heterocycles. The number of ether oxygens (including phenoxy) is 1. The number of hydrogen-bond acceptors (Lipinski definition) is 8. The number of carbonyl (C=O) groups is 1. The van der Waals surface area contributed by atoms with E-state index in [9.17, 15) is 19.7 Å². The Bertz CT molecular complexity index is 1470. The van der Waals surface area contributed by atoms with Crippen LogP contribution < -0.4 is 15.4 Å². The number of aromatic nitrogens is 2. The number of morpholine rings is 1. The van der Waals surface area contributed by atoms with Crippen LogP contribution in [0.3, 0.4) is 0 Å². The van der Waals surface area contributed by atoms with Crippen molar-refractivity contribution < 1.29 is 14.5 Å². The second kappa shape index (κ2) is 12.6. The molecule has 2 aliphatic heterocycles. The van der Waals surface area contributed by atoms with Crippen LogP contribution in [0.1, 0.15) is 25.7 Å². The molecule has 1 amide bonds. The first kappa shape index (κ1) is 27.8. The second-order valence-electron chi connectivity index (χ2n) is 10.2. The third-order valence-electron chi connectivity index (χ3n) is 7.67. The third kappa shape index (κ3) is 6.34. The summed E-state index contributed by atoms with van der Waals surface area (Å²) in [6, 6.07) is 12.4. The highest BCUT2D eigenvalue weighted by Gasteiger charge is 2.21. The average molecular weight is 567 g/mol. The van der Waals surface area contributed by atoms with E-state index in [2.05, 4.69) is 14.8 Å². The lowest BCUT2D eigenvalue weighted by Gasteiger charge is -2.36. The van der Waals surface area contributed by atoms with Crippen molar-refractivity contribution in [3.8, 4) is 0 Å². The van der Waals surface area contributed by atoms with E-state index in [0.29, 0.717) is 62.5 Å². The molecule has 2 aliphatic rings. The minimum atomic E-state index is -0.406. The smallest absolute Gasteiger partial charge is 0.269 e. The lowest BCUT2D eigenvalue weighted by atomic mass is 10.1. The second-order valence-corrected chi connectivity index (χ2v) is 10.6. The molecule has 212 valence electrons. The molecule has 11 nitrogen and oxygen atoms in total. The van der Waals surface area contributed by atoms with Gasteiger partial charge in [-0.2, -0.15) is 0 Å². The number of nitrogens with one attached hydrogen (secondary N) is 1. The summed E-state index contributed by atoms with van der Waals surface area (Å²) in [4.78, 5) is 45.9. The SMILES string of the molecule is O=C(CCCCCn1c(=S)[nH]c2ccc(N3CCOCC3)cc2c1=O)N1CCN(c2ccc([N+](=O)[O-])cc2)CC1. The van der Waals surface area contributed by atoms with Gasteiger partial charge >= 0.3 is 0 Å². The molecule has 0 unspecified atom stereocenters. The number of hydrogen-bond donors (Lipinski definition) is 1. The maximum Gasteiger partial charge on any atom is 0.269 e. The number of nitro groups is 1. The monoisotopic (exact) mass is 566 g/mol. The molecular formula is C28H34N6O5S. The zero-order chi connectivity index (χ0) is 28.1. The van der Waals surface area contributed by atoms with E-state index in [1.807, 2.05) is 23.1 Å². The minimum absolute atomic E-state index is 0.0723. The van der Waals surface area contributed by atoms with Crippen LogP contribution in [-0.2, 0) is 16.1 Å².